The van der Waals surface area contributed by atoms with E-state index in [1.165, 1.54) is 18.4 Å². The highest BCUT2D eigenvalue weighted by Gasteiger charge is 2.28. The highest BCUT2D eigenvalue weighted by molar-refractivity contribution is 5.83. The number of hydrogen-bond acceptors (Lipinski definition) is 3. The molecule has 29 heavy (non-hydrogen) atoms. The molecular weight excluding hydrogens is 356 g/mol. The molecule has 3 nitrogen and oxygen atoms in total. The van der Waals surface area contributed by atoms with E-state index in [0.29, 0.717) is 18.4 Å². The third kappa shape index (κ3) is 7.61. The molecule has 2 aliphatic rings. The van der Waals surface area contributed by atoms with E-state index in [1.54, 1.807) is 0 Å². The molecule has 1 aromatic carbocycles. The number of ketones is 1. The monoisotopic (exact) mass is 396 g/mol. The number of Topliss-reactive ketones (excluding diaryl/α,β-unsaturated/α-hetero) is 1. The van der Waals surface area contributed by atoms with Crippen LogP contribution in [0.5, 0.6) is 0 Å². The summed E-state index contributed by atoms with van der Waals surface area (Å²) < 4.78 is 0. The van der Waals surface area contributed by atoms with Gasteiger partial charge in [-0.25, -0.2) is 0 Å². The Kier molecular flexibility index (Phi) is 10.5. The van der Waals surface area contributed by atoms with Gasteiger partial charge in [0, 0.05) is 24.1 Å². The molecule has 0 unspecified atom stereocenters. The first kappa shape index (κ1) is 23.6. The van der Waals surface area contributed by atoms with Crippen LogP contribution in [0.25, 0.3) is 0 Å². The number of nitrogens with zero attached hydrogens (tertiary/aromatic N) is 1. The van der Waals surface area contributed by atoms with E-state index in [9.17, 15) is 4.79 Å². The molecule has 0 spiro atoms. The van der Waals surface area contributed by atoms with Gasteiger partial charge in [0.1, 0.15) is 5.78 Å². The lowest BCUT2D eigenvalue weighted by molar-refractivity contribution is -0.126. The van der Waals surface area contributed by atoms with Crippen LogP contribution in [-0.2, 0) is 11.3 Å². The molecule has 0 atom stereocenters. The van der Waals surface area contributed by atoms with Crippen LogP contribution in [0, 0.1) is 23.7 Å². The summed E-state index contributed by atoms with van der Waals surface area (Å²) in [6.45, 7) is 11.8. The number of hydrogen-bond donors (Lipinski definition) is 1. The molecule has 3 rings (SSSR count). The molecule has 160 valence electrons. The summed E-state index contributed by atoms with van der Waals surface area (Å²) in [5.41, 5.74) is 2.34. The van der Waals surface area contributed by atoms with Gasteiger partial charge in [0.2, 0.25) is 0 Å². The Morgan fingerprint density at radius 1 is 1.03 bits per heavy atom. The van der Waals surface area contributed by atoms with Crippen LogP contribution in [0.1, 0.15) is 77.3 Å². The molecule has 3 heteroatoms. The lowest BCUT2D eigenvalue weighted by Gasteiger charge is -2.35. The van der Waals surface area contributed by atoms with E-state index < -0.39 is 0 Å². The van der Waals surface area contributed by atoms with Crippen LogP contribution in [0.15, 0.2) is 24.3 Å². The fourth-order valence-electron chi connectivity index (χ4n) is 4.47. The van der Waals surface area contributed by atoms with Crippen molar-refractivity contribution in [1.82, 2.24) is 10.2 Å². The van der Waals surface area contributed by atoms with Gasteiger partial charge in [-0.2, -0.15) is 0 Å². The molecule has 0 amide bonds. The molecule has 0 radical (unpaired) electrons. The third-order valence-corrected chi connectivity index (χ3v) is 6.26. The van der Waals surface area contributed by atoms with Crippen molar-refractivity contribution in [3.63, 3.8) is 0 Å². The zero-order valence-electron chi connectivity index (χ0n) is 19.0. The smallest absolute Gasteiger partial charge is 0.149 e. The molecule has 1 N–H and O–H groups in total. The molecule has 1 saturated carbocycles. The van der Waals surface area contributed by atoms with Crippen LogP contribution in [0.4, 0.5) is 0 Å². The molecule has 1 heterocycles. The summed E-state index contributed by atoms with van der Waals surface area (Å²) >= 11 is 0. The summed E-state index contributed by atoms with van der Waals surface area (Å²) in [6, 6.07) is 9.03. The minimum Gasteiger partial charge on any atom is -0.317 e. The summed E-state index contributed by atoms with van der Waals surface area (Å²) in [5, 5.41) is 3.45. The first-order valence-corrected chi connectivity index (χ1v) is 11.6. The molecular formula is C26H40N2O. The Bertz CT molecular complexity index is 656. The maximum absolute atomic E-state index is 13.0. The van der Waals surface area contributed by atoms with Crippen molar-refractivity contribution >= 4 is 5.78 Å². The van der Waals surface area contributed by atoms with E-state index >= 15 is 0 Å². The maximum Gasteiger partial charge on any atom is 0.149 e. The SMILES string of the molecule is CC.CC#Cc1ccc(CN(CC(=O)C2CCC(C)CC2)C2CCNCC2)cc1. The highest BCUT2D eigenvalue weighted by atomic mass is 16.1. The fourth-order valence-corrected chi connectivity index (χ4v) is 4.47. The topological polar surface area (TPSA) is 32.3 Å². The average Bonchev–Trinajstić information content (AvgIpc) is 2.77. The minimum atomic E-state index is 0.285. The molecule has 2 fully saturated rings. The Morgan fingerprint density at radius 2 is 1.66 bits per heavy atom. The summed E-state index contributed by atoms with van der Waals surface area (Å²) in [6.07, 6.45) is 6.87. The van der Waals surface area contributed by atoms with Gasteiger partial charge < -0.3 is 5.32 Å². The predicted octanol–water partition coefficient (Wildman–Crippen LogP) is 5.03. The summed E-state index contributed by atoms with van der Waals surface area (Å²) in [5.74, 6) is 7.60. The van der Waals surface area contributed by atoms with Gasteiger partial charge >= 0.3 is 0 Å². The first-order valence-electron chi connectivity index (χ1n) is 11.6. The predicted molar refractivity (Wildman–Crippen MR) is 123 cm³/mol. The second-order valence-corrected chi connectivity index (χ2v) is 8.38. The van der Waals surface area contributed by atoms with E-state index in [0.717, 1.165) is 56.8 Å². The molecule has 1 aliphatic carbocycles. The fraction of sp³-hybridized carbons (Fsp3) is 0.654. The Labute approximate surface area is 178 Å². The Balaban J connectivity index is 0.00000145. The van der Waals surface area contributed by atoms with Crippen molar-refractivity contribution in [1.29, 1.82) is 0 Å². The zero-order chi connectivity index (χ0) is 21.1. The van der Waals surface area contributed by atoms with Crippen molar-refractivity contribution in [3.05, 3.63) is 35.4 Å². The molecule has 0 bridgehead atoms. The van der Waals surface area contributed by atoms with Gasteiger partial charge in [-0.3, -0.25) is 9.69 Å². The van der Waals surface area contributed by atoms with Crippen LogP contribution < -0.4 is 5.32 Å². The quantitative estimate of drug-likeness (QED) is 0.684. The Morgan fingerprint density at radius 3 is 2.24 bits per heavy atom. The van der Waals surface area contributed by atoms with E-state index in [-0.39, 0.29) is 5.92 Å². The lowest BCUT2D eigenvalue weighted by Crippen LogP contribution is -2.46. The van der Waals surface area contributed by atoms with Crippen LogP contribution in [-0.4, -0.2) is 36.4 Å². The molecule has 1 aliphatic heterocycles. The largest absolute Gasteiger partial charge is 0.317 e. The number of benzene rings is 1. The standard InChI is InChI=1S/C24H34N2O.C2H6/c1-3-4-20-7-9-21(10-8-20)17-26(23-13-15-25-16-14-23)18-24(27)22-11-5-19(2)6-12-22;1-2/h7-10,19,22-23,25H,5-6,11-18H2,1-2H3;1-2H3. The van der Waals surface area contributed by atoms with Gasteiger partial charge in [0.05, 0.1) is 6.54 Å². The Hall–Kier alpha value is -1.63. The average molecular weight is 397 g/mol. The van der Waals surface area contributed by atoms with Gasteiger partial charge in [0.25, 0.3) is 0 Å². The number of carbonyl (C=O) groups is 1. The van der Waals surface area contributed by atoms with Crippen molar-refractivity contribution in [2.45, 2.75) is 78.8 Å². The number of nitrogens with one attached hydrogen (secondary N) is 1. The van der Waals surface area contributed by atoms with Crippen molar-refractivity contribution in [2.24, 2.45) is 11.8 Å². The van der Waals surface area contributed by atoms with E-state index in [2.05, 4.69) is 53.2 Å². The molecule has 0 aromatic heterocycles. The van der Waals surface area contributed by atoms with Crippen LogP contribution >= 0.6 is 0 Å². The summed E-state index contributed by atoms with van der Waals surface area (Å²) in [4.78, 5) is 15.5. The van der Waals surface area contributed by atoms with Gasteiger partial charge in [-0.15, -0.1) is 5.92 Å². The third-order valence-electron chi connectivity index (χ3n) is 6.26. The van der Waals surface area contributed by atoms with E-state index in [4.69, 9.17) is 0 Å². The second-order valence-electron chi connectivity index (χ2n) is 8.38. The van der Waals surface area contributed by atoms with E-state index in [1.807, 2.05) is 20.8 Å². The van der Waals surface area contributed by atoms with Gasteiger partial charge in [0.15, 0.2) is 0 Å². The highest BCUT2D eigenvalue weighted by Crippen LogP contribution is 2.29. The van der Waals surface area contributed by atoms with Crippen LogP contribution in [0.3, 0.4) is 0 Å². The summed E-state index contributed by atoms with van der Waals surface area (Å²) in [7, 11) is 0. The molecule has 1 aromatic rings. The number of carbonyl (C=O) groups excluding carboxylic acids is 1. The number of rotatable bonds is 6. The normalized spacial score (nSPS) is 22.2. The maximum atomic E-state index is 13.0. The first-order chi connectivity index (χ1) is 14.2. The van der Waals surface area contributed by atoms with Gasteiger partial charge in [-0.05, 0) is 69.3 Å². The minimum absolute atomic E-state index is 0.285. The van der Waals surface area contributed by atoms with Crippen LogP contribution in [0.2, 0.25) is 0 Å². The van der Waals surface area contributed by atoms with Crippen molar-refractivity contribution in [2.75, 3.05) is 19.6 Å². The lowest BCUT2D eigenvalue weighted by atomic mass is 9.80. The second kappa shape index (κ2) is 12.8. The van der Waals surface area contributed by atoms with Gasteiger partial charge in [-0.1, -0.05) is 51.7 Å². The molecule has 1 saturated heterocycles. The zero-order valence-corrected chi connectivity index (χ0v) is 19.0. The van der Waals surface area contributed by atoms with Crippen molar-refractivity contribution < 1.29 is 4.79 Å². The number of piperidine rings is 1. The van der Waals surface area contributed by atoms with Crippen molar-refractivity contribution in [3.8, 4) is 11.8 Å².